The van der Waals surface area contributed by atoms with Crippen LogP contribution in [0, 0.1) is 12.9 Å². The average molecular weight is 364 g/mol. The van der Waals surface area contributed by atoms with E-state index in [-0.39, 0.29) is 5.91 Å². The third-order valence-electron chi connectivity index (χ3n) is 4.09. The largest absolute Gasteiger partial charge is 0.457 e. The molecule has 0 spiro atoms. The summed E-state index contributed by atoms with van der Waals surface area (Å²) >= 11 is 0. The van der Waals surface area contributed by atoms with Gasteiger partial charge in [0.25, 0.3) is 5.91 Å². The van der Waals surface area contributed by atoms with E-state index >= 15 is 0 Å². The van der Waals surface area contributed by atoms with E-state index in [1.54, 1.807) is 25.1 Å². The summed E-state index contributed by atoms with van der Waals surface area (Å²) in [6.07, 6.45) is 2.14. The Balaban J connectivity index is 1.70. The minimum Gasteiger partial charge on any atom is -0.457 e. The Kier molecular flexibility index (Phi) is 5.81. The summed E-state index contributed by atoms with van der Waals surface area (Å²) in [5.41, 5.74) is 2.53. The van der Waals surface area contributed by atoms with Gasteiger partial charge in [-0.1, -0.05) is 31.5 Å². The smallest absolute Gasteiger partial charge is 0.257 e. The number of carbonyl (C=O) groups excluding carboxylic acids is 1. The summed E-state index contributed by atoms with van der Waals surface area (Å²) in [5, 5.41) is 2.79. The van der Waals surface area contributed by atoms with Crippen molar-refractivity contribution in [1.82, 2.24) is 4.98 Å². The molecule has 0 saturated heterocycles. The van der Waals surface area contributed by atoms with Crippen molar-refractivity contribution in [2.24, 2.45) is 0 Å². The highest BCUT2D eigenvalue weighted by molar-refractivity contribution is 6.05. The maximum absolute atomic E-state index is 13.1. The maximum Gasteiger partial charge on any atom is 0.257 e. The first-order valence-corrected chi connectivity index (χ1v) is 8.86. The van der Waals surface area contributed by atoms with Crippen LogP contribution < -0.4 is 10.1 Å². The zero-order valence-electron chi connectivity index (χ0n) is 15.3. The minimum atomic E-state index is -0.607. The van der Waals surface area contributed by atoms with Crippen LogP contribution in [0.1, 0.15) is 35.0 Å². The van der Waals surface area contributed by atoms with Gasteiger partial charge in [0.15, 0.2) is 0 Å². The molecule has 0 fully saturated rings. The molecule has 1 aromatic heterocycles. The Bertz CT molecular complexity index is 939. The highest BCUT2D eigenvalue weighted by atomic mass is 19.1. The van der Waals surface area contributed by atoms with Crippen molar-refractivity contribution >= 4 is 11.6 Å². The molecular formula is C22H21FN2O2. The number of hydrogen-bond donors (Lipinski definition) is 1. The third-order valence-corrected chi connectivity index (χ3v) is 4.09. The van der Waals surface area contributed by atoms with Crippen molar-refractivity contribution in [3.63, 3.8) is 0 Å². The second kappa shape index (κ2) is 8.45. The van der Waals surface area contributed by atoms with Crippen molar-refractivity contribution in [3.05, 3.63) is 83.4 Å². The van der Waals surface area contributed by atoms with Gasteiger partial charge in [-0.3, -0.25) is 4.79 Å². The molecule has 4 nitrogen and oxygen atoms in total. The molecule has 0 aliphatic heterocycles. The van der Waals surface area contributed by atoms with Crippen LogP contribution in [-0.4, -0.2) is 10.9 Å². The average Bonchev–Trinajstić information content (AvgIpc) is 2.64. The fourth-order valence-corrected chi connectivity index (χ4v) is 2.76. The predicted molar refractivity (Wildman–Crippen MR) is 104 cm³/mol. The van der Waals surface area contributed by atoms with Gasteiger partial charge >= 0.3 is 0 Å². The van der Waals surface area contributed by atoms with E-state index in [1.807, 2.05) is 18.2 Å². The zero-order chi connectivity index (χ0) is 19.2. The number of nitrogens with zero attached hydrogens (tertiary/aromatic N) is 1. The number of carbonyl (C=O) groups is 1. The number of pyridine rings is 1. The van der Waals surface area contributed by atoms with Crippen molar-refractivity contribution in [2.75, 3.05) is 5.32 Å². The number of benzene rings is 2. The third kappa shape index (κ3) is 4.91. The maximum atomic E-state index is 13.1. The van der Waals surface area contributed by atoms with E-state index < -0.39 is 5.95 Å². The number of aryl methyl sites for hydroxylation is 2. The number of halogens is 1. The summed E-state index contributed by atoms with van der Waals surface area (Å²) in [7, 11) is 0. The second-order valence-corrected chi connectivity index (χ2v) is 6.24. The van der Waals surface area contributed by atoms with Crippen LogP contribution in [0.5, 0.6) is 11.5 Å². The topological polar surface area (TPSA) is 51.2 Å². The summed E-state index contributed by atoms with van der Waals surface area (Å²) in [6, 6.07) is 17.7. The first-order chi connectivity index (χ1) is 13.0. The van der Waals surface area contributed by atoms with Crippen LogP contribution in [0.2, 0.25) is 0 Å². The monoisotopic (exact) mass is 364 g/mol. The van der Waals surface area contributed by atoms with Gasteiger partial charge in [0, 0.05) is 11.8 Å². The van der Waals surface area contributed by atoms with Crippen LogP contribution >= 0.6 is 0 Å². The Hall–Kier alpha value is -3.21. The van der Waals surface area contributed by atoms with Crippen LogP contribution in [-0.2, 0) is 6.42 Å². The quantitative estimate of drug-likeness (QED) is 0.585. The van der Waals surface area contributed by atoms with E-state index in [2.05, 4.69) is 29.4 Å². The second-order valence-electron chi connectivity index (χ2n) is 6.24. The summed E-state index contributed by atoms with van der Waals surface area (Å²) < 4.78 is 19.0. The Morgan fingerprint density at radius 1 is 1.07 bits per heavy atom. The summed E-state index contributed by atoms with van der Waals surface area (Å²) in [6.45, 7) is 3.74. The molecule has 1 N–H and O–H groups in total. The highest BCUT2D eigenvalue weighted by Gasteiger charge is 2.11. The lowest BCUT2D eigenvalue weighted by Crippen LogP contribution is -2.14. The molecule has 0 bridgehead atoms. The van der Waals surface area contributed by atoms with Crippen LogP contribution in [0.3, 0.4) is 0 Å². The Morgan fingerprint density at radius 2 is 1.85 bits per heavy atom. The first-order valence-electron chi connectivity index (χ1n) is 8.86. The molecule has 138 valence electrons. The lowest BCUT2D eigenvalue weighted by molar-refractivity contribution is 0.102. The number of hydrogen-bond acceptors (Lipinski definition) is 3. The Morgan fingerprint density at radius 3 is 2.56 bits per heavy atom. The van der Waals surface area contributed by atoms with Gasteiger partial charge in [0.05, 0.1) is 11.3 Å². The van der Waals surface area contributed by atoms with Crippen molar-refractivity contribution in [3.8, 4) is 11.5 Å². The first kappa shape index (κ1) is 18.6. The molecule has 0 aliphatic carbocycles. The fraction of sp³-hybridized carbons (Fsp3) is 0.182. The number of rotatable bonds is 6. The molecule has 0 unspecified atom stereocenters. The van der Waals surface area contributed by atoms with Crippen molar-refractivity contribution in [1.29, 1.82) is 0 Å². The number of amides is 1. The van der Waals surface area contributed by atoms with E-state index in [9.17, 15) is 9.18 Å². The standard InChI is InChI=1S/C22H21FN2O2/c1-3-5-16-8-10-18(11-9-16)27-19-7-4-6-17(14-19)25-22(26)20-12-13-21(23)24-15(20)2/h4,6-14H,3,5H2,1-2H3,(H,25,26). The lowest BCUT2D eigenvalue weighted by Gasteiger charge is -2.10. The number of ether oxygens (including phenoxy) is 1. The molecular weight excluding hydrogens is 343 g/mol. The van der Waals surface area contributed by atoms with Gasteiger partial charge in [0.1, 0.15) is 11.5 Å². The van der Waals surface area contributed by atoms with Gasteiger partial charge in [0.2, 0.25) is 5.95 Å². The zero-order valence-corrected chi connectivity index (χ0v) is 15.3. The van der Waals surface area contributed by atoms with Crippen molar-refractivity contribution in [2.45, 2.75) is 26.7 Å². The van der Waals surface area contributed by atoms with Crippen LogP contribution in [0.15, 0.2) is 60.7 Å². The molecule has 1 amide bonds. The van der Waals surface area contributed by atoms with Gasteiger partial charge in [-0.2, -0.15) is 4.39 Å². The van der Waals surface area contributed by atoms with Crippen molar-refractivity contribution < 1.29 is 13.9 Å². The molecule has 2 aromatic carbocycles. The number of anilines is 1. The van der Waals surface area contributed by atoms with Gasteiger partial charge in [-0.05, 0) is 55.3 Å². The molecule has 1 heterocycles. The molecule has 5 heteroatoms. The van der Waals surface area contributed by atoms with E-state index in [1.165, 1.54) is 17.7 Å². The SMILES string of the molecule is CCCc1ccc(Oc2cccc(NC(=O)c3ccc(F)nc3C)c2)cc1. The molecule has 0 saturated carbocycles. The van der Waals surface area contributed by atoms with Gasteiger partial charge in [-0.25, -0.2) is 4.98 Å². The molecule has 3 aromatic rings. The van der Waals surface area contributed by atoms with Crippen LogP contribution in [0.25, 0.3) is 0 Å². The van der Waals surface area contributed by atoms with E-state index in [0.717, 1.165) is 18.6 Å². The molecule has 27 heavy (non-hydrogen) atoms. The Labute approximate surface area is 158 Å². The van der Waals surface area contributed by atoms with Crippen LogP contribution in [0.4, 0.5) is 10.1 Å². The number of nitrogens with one attached hydrogen (secondary N) is 1. The predicted octanol–water partition coefficient (Wildman–Crippen LogP) is 5.53. The summed E-state index contributed by atoms with van der Waals surface area (Å²) in [5.74, 6) is 0.396. The van der Waals surface area contributed by atoms with E-state index in [0.29, 0.717) is 22.7 Å². The lowest BCUT2D eigenvalue weighted by atomic mass is 10.1. The molecule has 3 rings (SSSR count). The van der Waals surface area contributed by atoms with E-state index in [4.69, 9.17) is 4.74 Å². The molecule has 0 aliphatic rings. The fourth-order valence-electron chi connectivity index (χ4n) is 2.76. The van der Waals surface area contributed by atoms with Gasteiger partial charge < -0.3 is 10.1 Å². The highest BCUT2D eigenvalue weighted by Crippen LogP contribution is 2.25. The minimum absolute atomic E-state index is 0.328. The molecule has 0 atom stereocenters. The summed E-state index contributed by atoms with van der Waals surface area (Å²) in [4.78, 5) is 16.1. The molecule has 0 radical (unpaired) electrons. The van der Waals surface area contributed by atoms with Gasteiger partial charge in [-0.15, -0.1) is 0 Å². The normalized spacial score (nSPS) is 10.5. The number of aromatic nitrogens is 1.